The summed E-state index contributed by atoms with van der Waals surface area (Å²) in [5, 5.41) is 12.0. The Bertz CT molecular complexity index is 625. The summed E-state index contributed by atoms with van der Waals surface area (Å²) in [5.41, 5.74) is 0.968. The first-order valence-electron chi connectivity index (χ1n) is 6.10. The van der Waals surface area contributed by atoms with Crippen LogP contribution in [0.3, 0.4) is 0 Å². The van der Waals surface area contributed by atoms with Crippen LogP contribution in [0.15, 0.2) is 30.5 Å². The second kappa shape index (κ2) is 5.91. The number of nitrogens with one attached hydrogen (secondary N) is 1. The average molecular weight is 257 g/mol. The van der Waals surface area contributed by atoms with Crippen molar-refractivity contribution in [3.8, 4) is 11.8 Å². The number of hydrogen-bond acceptors (Lipinski definition) is 3. The topological polar surface area (TPSA) is 67.0 Å². The molecule has 5 nitrogen and oxygen atoms in total. The predicted octanol–water partition coefficient (Wildman–Crippen LogP) is 1.68. The van der Waals surface area contributed by atoms with E-state index in [2.05, 4.69) is 5.32 Å². The van der Waals surface area contributed by atoms with Gasteiger partial charge >= 0.3 is 0 Å². The Balaban J connectivity index is 2.17. The summed E-state index contributed by atoms with van der Waals surface area (Å²) in [5.74, 6) is 0.648. The maximum atomic E-state index is 11.6. The smallest absolute Gasteiger partial charge is 0.240 e. The summed E-state index contributed by atoms with van der Waals surface area (Å²) < 4.78 is 7.28. The van der Waals surface area contributed by atoms with Crippen molar-refractivity contribution >= 4 is 16.8 Å². The van der Waals surface area contributed by atoms with Crippen LogP contribution in [0.5, 0.6) is 5.75 Å². The molecule has 0 aliphatic heterocycles. The number of fused-ring (bicyclic) bond motifs is 1. The summed E-state index contributed by atoms with van der Waals surface area (Å²) in [7, 11) is 0. The monoisotopic (exact) mass is 257 g/mol. The molecule has 0 aliphatic rings. The molecule has 0 saturated carbocycles. The molecular formula is C14H15N3O2. The molecule has 5 heteroatoms. The lowest BCUT2D eigenvalue weighted by atomic mass is 10.2. The van der Waals surface area contributed by atoms with Crippen LogP contribution in [0, 0.1) is 11.3 Å². The molecule has 1 heterocycles. The normalized spacial score (nSPS) is 10.1. The number of nitriles is 1. The molecule has 0 unspecified atom stereocenters. The highest BCUT2D eigenvalue weighted by Crippen LogP contribution is 2.21. The van der Waals surface area contributed by atoms with Gasteiger partial charge in [-0.1, -0.05) is 0 Å². The minimum Gasteiger partial charge on any atom is -0.494 e. The number of carbonyl (C=O) groups is 1. The molecule has 0 spiro atoms. The van der Waals surface area contributed by atoms with Gasteiger partial charge in [0.1, 0.15) is 18.8 Å². The zero-order chi connectivity index (χ0) is 13.7. The fraction of sp³-hybridized carbons (Fsp3) is 0.286. The van der Waals surface area contributed by atoms with Crippen molar-refractivity contribution in [3.05, 3.63) is 30.5 Å². The molecule has 98 valence electrons. The van der Waals surface area contributed by atoms with Crippen molar-refractivity contribution in [2.24, 2.45) is 0 Å². The Kier molecular flexibility index (Phi) is 4.04. The van der Waals surface area contributed by atoms with E-state index in [4.69, 9.17) is 10.00 Å². The third-order valence-electron chi connectivity index (χ3n) is 2.73. The van der Waals surface area contributed by atoms with Crippen molar-refractivity contribution in [3.63, 3.8) is 0 Å². The van der Waals surface area contributed by atoms with Crippen molar-refractivity contribution in [2.45, 2.75) is 13.5 Å². The minimum atomic E-state index is -0.173. The molecule has 0 atom stereocenters. The molecule has 1 amide bonds. The Morgan fingerprint density at radius 2 is 2.32 bits per heavy atom. The minimum absolute atomic E-state index is 0.0342. The van der Waals surface area contributed by atoms with Crippen LogP contribution in [-0.2, 0) is 11.3 Å². The summed E-state index contributed by atoms with van der Waals surface area (Å²) in [4.78, 5) is 11.6. The van der Waals surface area contributed by atoms with Crippen LogP contribution in [-0.4, -0.2) is 23.6 Å². The zero-order valence-corrected chi connectivity index (χ0v) is 10.7. The second-order valence-corrected chi connectivity index (χ2v) is 4.03. The molecule has 2 rings (SSSR count). The van der Waals surface area contributed by atoms with Gasteiger partial charge in [-0.3, -0.25) is 4.79 Å². The highest BCUT2D eigenvalue weighted by Gasteiger charge is 2.06. The SMILES string of the molecule is CCOc1ccc2c(ccn2CC(=O)NCC#N)c1. The number of amides is 1. The van der Waals surface area contributed by atoms with Crippen LogP contribution in [0.25, 0.3) is 10.9 Å². The third-order valence-corrected chi connectivity index (χ3v) is 2.73. The number of ether oxygens (including phenoxy) is 1. The van der Waals surface area contributed by atoms with E-state index in [1.54, 1.807) is 0 Å². The maximum Gasteiger partial charge on any atom is 0.240 e. The van der Waals surface area contributed by atoms with Gasteiger partial charge in [-0.15, -0.1) is 0 Å². The lowest BCUT2D eigenvalue weighted by Gasteiger charge is -2.06. The molecular weight excluding hydrogens is 242 g/mol. The Morgan fingerprint density at radius 1 is 1.47 bits per heavy atom. The molecule has 0 saturated heterocycles. The van der Waals surface area contributed by atoms with Gasteiger partial charge in [0, 0.05) is 17.1 Å². The fourth-order valence-electron chi connectivity index (χ4n) is 1.92. The molecule has 0 fully saturated rings. The van der Waals surface area contributed by atoms with Gasteiger partial charge in [0.15, 0.2) is 0 Å². The van der Waals surface area contributed by atoms with E-state index in [9.17, 15) is 4.79 Å². The highest BCUT2D eigenvalue weighted by atomic mass is 16.5. The van der Waals surface area contributed by atoms with E-state index in [-0.39, 0.29) is 19.0 Å². The molecule has 0 radical (unpaired) electrons. The van der Waals surface area contributed by atoms with E-state index < -0.39 is 0 Å². The van der Waals surface area contributed by atoms with Gasteiger partial charge in [-0.2, -0.15) is 5.26 Å². The molecule has 1 N–H and O–H groups in total. The van der Waals surface area contributed by atoms with E-state index in [0.717, 1.165) is 16.7 Å². The van der Waals surface area contributed by atoms with Crippen LogP contribution in [0.1, 0.15) is 6.92 Å². The summed E-state index contributed by atoms with van der Waals surface area (Å²) in [6.07, 6.45) is 1.85. The number of aromatic nitrogens is 1. The van der Waals surface area contributed by atoms with Crippen LogP contribution < -0.4 is 10.1 Å². The first-order chi connectivity index (χ1) is 9.24. The molecule has 19 heavy (non-hydrogen) atoms. The quantitative estimate of drug-likeness (QED) is 0.829. The summed E-state index contributed by atoms with van der Waals surface area (Å²) in [6.45, 7) is 2.81. The van der Waals surface area contributed by atoms with Gasteiger partial charge in [0.25, 0.3) is 0 Å². The van der Waals surface area contributed by atoms with Gasteiger partial charge in [-0.25, -0.2) is 0 Å². The van der Waals surface area contributed by atoms with Crippen molar-refractivity contribution in [1.29, 1.82) is 5.26 Å². The fourth-order valence-corrected chi connectivity index (χ4v) is 1.92. The lowest BCUT2D eigenvalue weighted by molar-refractivity contribution is -0.121. The second-order valence-electron chi connectivity index (χ2n) is 4.03. The first kappa shape index (κ1) is 13.0. The standard InChI is InChI=1S/C14H15N3O2/c1-2-19-12-3-4-13-11(9-12)5-8-17(13)10-14(18)16-7-6-15/h3-5,8-9H,2,7,10H2,1H3,(H,16,18). The number of benzene rings is 1. The van der Waals surface area contributed by atoms with Gasteiger partial charge in [0.05, 0.1) is 12.7 Å². The van der Waals surface area contributed by atoms with E-state index in [1.165, 1.54) is 0 Å². The summed E-state index contributed by atoms with van der Waals surface area (Å²) in [6, 6.07) is 9.58. The molecule has 1 aromatic carbocycles. The van der Waals surface area contributed by atoms with Gasteiger partial charge in [-0.05, 0) is 31.2 Å². The van der Waals surface area contributed by atoms with E-state index >= 15 is 0 Å². The number of rotatable bonds is 5. The van der Waals surface area contributed by atoms with Crippen LogP contribution >= 0.6 is 0 Å². The lowest BCUT2D eigenvalue weighted by Crippen LogP contribution is -2.27. The van der Waals surface area contributed by atoms with E-state index in [0.29, 0.717) is 6.61 Å². The maximum absolute atomic E-state index is 11.6. The molecule has 2 aromatic rings. The third kappa shape index (κ3) is 3.05. The van der Waals surface area contributed by atoms with Gasteiger partial charge in [0.2, 0.25) is 5.91 Å². The first-order valence-corrected chi connectivity index (χ1v) is 6.10. The molecule has 1 aromatic heterocycles. The molecule has 0 aliphatic carbocycles. The predicted molar refractivity (Wildman–Crippen MR) is 71.7 cm³/mol. The molecule has 0 bridgehead atoms. The summed E-state index contributed by atoms with van der Waals surface area (Å²) >= 11 is 0. The largest absolute Gasteiger partial charge is 0.494 e. The van der Waals surface area contributed by atoms with Crippen LogP contribution in [0.2, 0.25) is 0 Å². The highest BCUT2D eigenvalue weighted by molar-refractivity contribution is 5.84. The average Bonchev–Trinajstić information content (AvgIpc) is 2.79. The zero-order valence-electron chi connectivity index (χ0n) is 10.7. The van der Waals surface area contributed by atoms with Crippen molar-refractivity contribution < 1.29 is 9.53 Å². The van der Waals surface area contributed by atoms with Crippen LogP contribution in [0.4, 0.5) is 0 Å². The number of carbonyl (C=O) groups excluding carboxylic acids is 1. The van der Waals surface area contributed by atoms with E-state index in [1.807, 2.05) is 48.0 Å². The number of nitrogens with zero attached hydrogens (tertiary/aromatic N) is 2. The Morgan fingerprint density at radius 3 is 3.05 bits per heavy atom. The Labute approximate surface area is 111 Å². The van der Waals surface area contributed by atoms with Crippen molar-refractivity contribution in [2.75, 3.05) is 13.2 Å². The Hall–Kier alpha value is -2.48. The number of hydrogen-bond donors (Lipinski definition) is 1. The van der Waals surface area contributed by atoms with Gasteiger partial charge < -0.3 is 14.6 Å². The van der Waals surface area contributed by atoms with Crippen molar-refractivity contribution in [1.82, 2.24) is 9.88 Å².